The van der Waals surface area contributed by atoms with Gasteiger partial charge in [0.15, 0.2) is 0 Å². The number of amides is 1. The normalized spacial score (nSPS) is 12.7. The van der Waals surface area contributed by atoms with Crippen molar-refractivity contribution in [1.29, 1.82) is 0 Å². The lowest BCUT2D eigenvalue weighted by Crippen LogP contribution is -2.51. The maximum Gasteiger partial charge on any atom is 0.262 e. The number of rotatable bonds is 8. The number of carbonyl (C=O) groups excluding carboxylic acids is 1. The van der Waals surface area contributed by atoms with Gasteiger partial charge in [0.05, 0.1) is 15.8 Å². The van der Waals surface area contributed by atoms with Crippen LogP contribution in [0.4, 0.5) is 5.95 Å². The summed E-state index contributed by atoms with van der Waals surface area (Å²) < 4.78 is 30.1. The van der Waals surface area contributed by atoms with E-state index in [1.165, 1.54) is 10.6 Å². The molecule has 35 heavy (non-hydrogen) atoms. The molecule has 1 heterocycles. The van der Waals surface area contributed by atoms with E-state index in [1.54, 1.807) is 57.2 Å². The fourth-order valence-corrected chi connectivity index (χ4v) is 5.19. The first kappa shape index (κ1) is 24.4. The number of sulfonamides is 1. The summed E-state index contributed by atoms with van der Waals surface area (Å²) in [6.07, 6.45) is 0. The molecule has 0 fully saturated rings. The first-order valence-electron chi connectivity index (χ1n) is 11.3. The fraction of sp³-hybridized carbons (Fsp3) is 0.240. The average Bonchev–Trinajstić information content (AvgIpc) is 2.85. The van der Waals surface area contributed by atoms with Crippen molar-refractivity contribution >= 4 is 43.6 Å². The van der Waals surface area contributed by atoms with E-state index in [9.17, 15) is 18.0 Å². The number of para-hydroxylation sites is 1. The number of carbonyl (C=O) groups is 1. The number of fused-ring (bicyclic) bond motifs is 2. The zero-order valence-corrected chi connectivity index (χ0v) is 20.5. The minimum Gasteiger partial charge on any atom is -0.277 e. The van der Waals surface area contributed by atoms with Crippen LogP contribution in [0, 0.1) is 5.92 Å². The number of benzene rings is 3. The predicted molar refractivity (Wildman–Crippen MR) is 136 cm³/mol. The van der Waals surface area contributed by atoms with Crippen molar-refractivity contribution in [2.45, 2.75) is 38.3 Å². The molecule has 3 aromatic carbocycles. The molecular formula is C25H27N5O4S. The zero-order chi connectivity index (χ0) is 25.2. The number of nitrogens with one attached hydrogen (secondary N) is 3. The van der Waals surface area contributed by atoms with Crippen molar-refractivity contribution < 1.29 is 13.2 Å². The molecule has 0 aliphatic carbocycles. The Bertz CT molecular complexity index is 1560. The Morgan fingerprint density at radius 2 is 1.69 bits per heavy atom. The van der Waals surface area contributed by atoms with E-state index < -0.39 is 22.0 Å². The molecule has 0 aliphatic heterocycles. The molecule has 1 aromatic heterocycles. The number of hydrogen-bond acceptors (Lipinski definition) is 6. The largest absolute Gasteiger partial charge is 0.277 e. The molecule has 10 heteroatoms. The topological polar surface area (TPSA) is 122 Å². The second-order valence-corrected chi connectivity index (χ2v) is 10.2. The van der Waals surface area contributed by atoms with Gasteiger partial charge in [-0.2, -0.15) is 4.72 Å². The molecule has 4 rings (SSSR count). The van der Waals surface area contributed by atoms with Gasteiger partial charge in [0, 0.05) is 6.54 Å². The zero-order valence-electron chi connectivity index (χ0n) is 19.6. The molecule has 3 N–H and O–H groups in total. The predicted octanol–water partition coefficient (Wildman–Crippen LogP) is 3.02. The molecule has 0 spiro atoms. The lowest BCUT2D eigenvalue weighted by molar-refractivity contribution is -0.123. The van der Waals surface area contributed by atoms with Gasteiger partial charge in [0.2, 0.25) is 16.0 Å². The van der Waals surface area contributed by atoms with E-state index in [1.807, 2.05) is 24.3 Å². The molecule has 0 saturated carbocycles. The summed E-state index contributed by atoms with van der Waals surface area (Å²) in [6, 6.07) is 18.1. The maximum atomic E-state index is 13.1. The van der Waals surface area contributed by atoms with Gasteiger partial charge in [-0.05, 0) is 47.9 Å². The van der Waals surface area contributed by atoms with E-state index in [0.29, 0.717) is 17.4 Å². The quantitative estimate of drug-likeness (QED) is 0.324. The minimum absolute atomic E-state index is 0.0682. The monoisotopic (exact) mass is 493 g/mol. The van der Waals surface area contributed by atoms with Crippen LogP contribution in [0.1, 0.15) is 20.8 Å². The first-order valence-corrected chi connectivity index (χ1v) is 12.8. The first-order chi connectivity index (χ1) is 16.7. The highest BCUT2D eigenvalue weighted by Crippen LogP contribution is 2.20. The SMILES string of the molecule is CCn1c(NNC(=O)C(NS(=O)(=O)c2ccc3ccccc3c2)C(C)C)nc2ccccc2c1=O. The highest BCUT2D eigenvalue weighted by Gasteiger charge is 2.29. The standard InChI is InChI=1S/C25H27N5O4S/c1-4-30-24(32)20-11-7-8-12-21(20)26-25(30)28-27-23(31)22(16(2)3)29-35(33,34)19-14-13-17-9-5-6-10-18(17)15-19/h5-16,22,29H,4H2,1-3H3,(H,26,28)(H,27,31). The van der Waals surface area contributed by atoms with E-state index >= 15 is 0 Å². The van der Waals surface area contributed by atoms with Crippen LogP contribution < -0.4 is 21.1 Å². The average molecular weight is 494 g/mol. The Labute approximate surface area is 203 Å². The number of hydrogen-bond donors (Lipinski definition) is 3. The fourth-order valence-electron chi connectivity index (χ4n) is 3.81. The molecule has 1 atom stereocenters. The van der Waals surface area contributed by atoms with Crippen LogP contribution >= 0.6 is 0 Å². The smallest absolute Gasteiger partial charge is 0.262 e. The van der Waals surface area contributed by atoms with Crippen LogP contribution in [-0.4, -0.2) is 29.9 Å². The molecule has 182 valence electrons. The van der Waals surface area contributed by atoms with Gasteiger partial charge in [-0.15, -0.1) is 0 Å². The van der Waals surface area contributed by atoms with E-state index in [-0.39, 0.29) is 22.3 Å². The van der Waals surface area contributed by atoms with Gasteiger partial charge in [-0.3, -0.25) is 25.0 Å². The molecule has 9 nitrogen and oxygen atoms in total. The number of nitrogens with zero attached hydrogens (tertiary/aromatic N) is 2. The number of aromatic nitrogens is 2. The second kappa shape index (κ2) is 9.85. The Morgan fingerprint density at radius 3 is 2.40 bits per heavy atom. The van der Waals surface area contributed by atoms with E-state index in [0.717, 1.165) is 10.8 Å². The van der Waals surface area contributed by atoms with Crippen molar-refractivity contribution in [3.05, 3.63) is 77.1 Å². The Hall–Kier alpha value is -3.76. The van der Waals surface area contributed by atoms with Gasteiger partial charge in [0.1, 0.15) is 6.04 Å². The summed E-state index contributed by atoms with van der Waals surface area (Å²) in [5.74, 6) is -0.802. The van der Waals surface area contributed by atoms with E-state index in [4.69, 9.17) is 0 Å². The summed E-state index contributed by atoms with van der Waals surface area (Å²) in [7, 11) is -3.98. The lowest BCUT2D eigenvalue weighted by Gasteiger charge is -2.22. The summed E-state index contributed by atoms with van der Waals surface area (Å²) in [6.45, 7) is 5.60. The molecule has 1 unspecified atom stereocenters. The second-order valence-electron chi connectivity index (χ2n) is 8.47. The maximum absolute atomic E-state index is 13.1. The highest BCUT2D eigenvalue weighted by molar-refractivity contribution is 7.89. The van der Waals surface area contributed by atoms with Crippen LogP contribution in [0.15, 0.2) is 76.4 Å². The van der Waals surface area contributed by atoms with Crippen LogP contribution in [-0.2, 0) is 21.4 Å². The van der Waals surface area contributed by atoms with Crippen molar-refractivity contribution in [1.82, 2.24) is 19.7 Å². The van der Waals surface area contributed by atoms with Gasteiger partial charge in [-0.25, -0.2) is 13.4 Å². The van der Waals surface area contributed by atoms with Gasteiger partial charge in [0.25, 0.3) is 11.5 Å². The van der Waals surface area contributed by atoms with Crippen molar-refractivity contribution in [3.63, 3.8) is 0 Å². The van der Waals surface area contributed by atoms with Crippen LogP contribution in [0.2, 0.25) is 0 Å². The molecule has 0 saturated heterocycles. The summed E-state index contributed by atoms with van der Waals surface area (Å²) in [5, 5.41) is 2.16. The Morgan fingerprint density at radius 1 is 1.00 bits per heavy atom. The van der Waals surface area contributed by atoms with Crippen molar-refractivity contribution in [2.75, 3.05) is 5.43 Å². The summed E-state index contributed by atoms with van der Waals surface area (Å²) >= 11 is 0. The molecule has 0 aliphatic rings. The molecular weight excluding hydrogens is 466 g/mol. The minimum atomic E-state index is -3.98. The molecule has 1 amide bonds. The molecule has 4 aromatic rings. The van der Waals surface area contributed by atoms with Gasteiger partial charge >= 0.3 is 0 Å². The lowest BCUT2D eigenvalue weighted by atomic mass is 10.1. The Kier molecular flexibility index (Phi) is 6.86. The van der Waals surface area contributed by atoms with Crippen LogP contribution in [0.5, 0.6) is 0 Å². The van der Waals surface area contributed by atoms with Crippen molar-refractivity contribution in [2.24, 2.45) is 5.92 Å². The molecule has 0 bridgehead atoms. The summed E-state index contributed by atoms with van der Waals surface area (Å²) in [5.41, 5.74) is 5.45. The van der Waals surface area contributed by atoms with Gasteiger partial charge in [-0.1, -0.05) is 56.3 Å². The molecule has 0 radical (unpaired) electrons. The van der Waals surface area contributed by atoms with Crippen molar-refractivity contribution in [3.8, 4) is 0 Å². The third-order valence-corrected chi connectivity index (χ3v) is 7.18. The Balaban J connectivity index is 1.56. The van der Waals surface area contributed by atoms with Gasteiger partial charge < -0.3 is 0 Å². The third kappa shape index (κ3) is 5.03. The number of anilines is 1. The highest BCUT2D eigenvalue weighted by atomic mass is 32.2. The summed E-state index contributed by atoms with van der Waals surface area (Å²) in [4.78, 5) is 30.3. The third-order valence-electron chi connectivity index (χ3n) is 5.74. The van der Waals surface area contributed by atoms with Crippen LogP contribution in [0.25, 0.3) is 21.7 Å². The van der Waals surface area contributed by atoms with Crippen LogP contribution in [0.3, 0.4) is 0 Å². The van der Waals surface area contributed by atoms with E-state index in [2.05, 4.69) is 20.6 Å². The number of hydrazine groups is 1.